The van der Waals surface area contributed by atoms with Crippen LogP contribution in [0.1, 0.15) is 38.5 Å². The Morgan fingerprint density at radius 3 is 2.55 bits per heavy atom. The second-order valence-corrected chi connectivity index (χ2v) is 6.49. The second-order valence-electron chi connectivity index (χ2n) is 5.51. The lowest BCUT2D eigenvalue weighted by Gasteiger charge is -2.28. The van der Waals surface area contributed by atoms with Crippen molar-refractivity contribution < 1.29 is 14.7 Å². The van der Waals surface area contributed by atoms with Crippen LogP contribution in [0.15, 0.2) is 0 Å². The summed E-state index contributed by atoms with van der Waals surface area (Å²) in [6, 6.07) is -1.06. The van der Waals surface area contributed by atoms with Crippen LogP contribution in [0.5, 0.6) is 0 Å². The van der Waals surface area contributed by atoms with Gasteiger partial charge in [-0.05, 0) is 37.2 Å². The van der Waals surface area contributed by atoms with E-state index in [4.69, 9.17) is 5.11 Å². The molecule has 1 saturated carbocycles. The van der Waals surface area contributed by atoms with Crippen molar-refractivity contribution in [1.82, 2.24) is 10.2 Å². The molecule has 116 valence electrons. The maximum atomic E-state index is 12.0. The van der Waals surface area contributed by atoms with Crippen molar-refractivity contribution >= 4 is 23.8 Å². The summed E-state index contributed by atoms with van der Waals surface area (Å²) in [6.07, 6.45) is 8.51. The average Bonchev–Trinajstić information content (AvgIpc) is 2.43. The molecule has 0 heterocycles. The summed E-state index contributed by atoms with van der Waals surface area (Å²) >= 11 is 1.58. The molecule has 0 aliphatic heterocycles. The van der Waals surface area contributed by atoms with E-state index in [1.807, 2.05) is 6.26 Å². The first-order valence-corrected chi connectivity index (χ1v) is 8.67. The van der Waals surface area contributed by atoms with Gasteiger partial charge in [-0.2, -0.15) is 11.8 Å². The van der Waals surface area contributed by atoms with Gasteiger partial charge in [0.25, 0.3) is 0 Å². The molecule has 1 unspecified atom stereocenters. The number of carbonyl (C=O) groups excluding carboxylic acids is 1. The molecule has 2 amide bonds. The third kappa shape index (κ3) is 6.03. The molecule has 1 atom stereocenters. The SMILES string of the molecule is CSCCC(NC(=O)N(C)CC1CCCCC1)C(=O)O. The largest absolute Gasteiger partial charge is 0.480 e. The molecule has 20 heavy (non-hydrogen) atoms. The van der Waals surface area contributed by atoms with Crippen LogP contribution >= 0.6 is 11.8 Å². The Bertz CT molecular complexity index is 320. The van der Waals surface area contributed by atoms with Crippen LogP contribution in [0, 0.1) is 5.92 Å². The zero-order chi connectivity index (χ0) is 15.0. The van der Waals surface area contributed by atoms with E-state index in [2.05, 4.69) is 5.32 Å². The van der Waals surface area contributed by atoms with Gasteiger partial charge in [-0.3, -0.25) is 0 Å². The summed E-state index contributed by atoms with van der Waals surface area (Å²) in [5, 5.41) is 11.7. The van der Waals surface area contributed by atoms with E-state index in [1.54, 1.807) is 23.7 Å². The zero-order valence-corrected chi connectivity index (χ0v) is 13.2. The minimum atomic E-state index is -0.960. The topological polar surface area (TPSA) is 69.6 Å². The lowest BCUT2D eigenvalue weighted by atomic mass is 9.89. The Hall–Kier alpha value is -0.910. The number of carboxylic acid groups (broad SMARTS) is 1. The quantitative estimate of drug-likeness (QED) is 0.758. The van der Waals surface area contributed by atoms with Crippen LogP contribution in [0.25, 0.3) is 0 Å². The summed E-state index contributed by atoms with van der Waals surface area (Å²) in [6.45, 7) is 0.723. The van der Waals surface area contributed by atoms with Crippen LogP contribution in [-0.2, 0) is 4.79 Å². The highest BCUT2D eigenvalue weighted by atomic mass is 32.2. The summed E-state index contributed by atoms with van der Waals surface area (Å²) in [5.41, 5.74) is 0. The number of urea groups is 1. The van der Waals surface area contributed by atoms with E-state index < -0.39 is 12.0 Å². The zero-order valence-electron chi connectivity index (χ0n) is 12.4. The Morgan fingerprint density at radius 1 is 1.35 bits per heavy atom. The summed E-state index contributed by atoms with van der Waals surface area (Å²) in [4.78, 5) is 24.8. The number of nitrogens with zero attached hydrogens (tertiary/aromatic N) is 1. The molecule has 0 aromatic rings. The third-order valence-electron chi connectivity index (χ3n) is 3.81. The fraction of sp³-hybridized carbons (Fsp3) is 0.857. The normalized spacial score (nSPS) is 17.5. The van der Waals surface area contributed by atoms with Crippen LogP contribution in [0.2, 0.25) is 0 Å². The van der Waals surface area contributed by atoms with Crippen molar-refractivity contribution in [1.29, 1.82) is 0 Å². The fourth-order valence-corrected chi connectivity index (χ4v) is 3.06. The monoisotopic (exact) mass is 302 g/mol. The number of nitrogens with one attached hydrogen (secondary N) is 1. The minimum absolute atomic E-state index is 0.274. The van der Waals surface area contributed by atoms with Crippen LogP contribution in [0.3, 0.4) is 0 Å². The van der Waals surface area contributed by atoms with Gasteiger partial charge >= 0.3 is 12.0 Å². The molecule has 1 aliphatic carbocycles. The van der Waals surface area contributed by atoms with Crippen molar-refractivity contribution in [2.24, 2.45) is 5.92 Å². The average molecular weight is 302 g/mol. The molecule has 0 aromatic heterocycles. The molecule has 1 fully saturated rings. The summed E-state index contributed by atoms with van der Waals surface area (Å²) < 4.78 is 0. The van der Waals surface area contributed by atoms with Gasteiger partial charge in [-0.25, -0.2) is 9.59 Å². The maximum Gasteiger partial charge on any atom is 0.326 e. The number of hydrogen-bond acceptors (Lipinski definition) is 3. The molecule has 5 nitrogen and oxygen atoms in total. The number of aliphatic carboxylic acids is 1. The third-order valence-corrected chi connectivity index (χ3v) is 4.45. The van der Waals surface area contributed by atoms with E-state index in [0.717, 1.165) is 12.3 Å². The molecule has 0 saturated heterocycles. The van der Waals surface area contributed by atoms with Gasteiger partial charge in [0.15, 0.2) is 0 Å². The van der Waals surface area contributed by atoms with Gasteiger partial charge in [0.2, 0.25) is 0 Å². The molecule has 0 spiro atoms. The van der Waals surface area contributed by atoms with Crippen LogP contribution < -0.4 is 5.32 Å². The number of thioether (sulfide) groups is 1. The Kier molecular flexibility index (Phi) is 7.80. The number of hydrogen-bond donors (Lipinski definition) is 2. The lowest BCUT2D eigenvalue weighted by molar-refractivity contribution is -0.139. The fourth-order valence-electron chi connectivity index (χ4n) is 2.59. The van der Waals surface area contributed by atoms with Gasteiger partial charge in [0.05, 0.1) is 0 Å². The number of carboxylic acids is 1. The Balaban J connectivity index is 2.39. The van der Waals surface area contributed by atoms with Crippen molar-refractivity contribution in [3.63, 3.8) is 0 Å². The van der Waals surface area contributed by atoms with Crippen molar-refractivity contribution in [2.45, 2.75) is 44.6 Å². The minimum Gasteiger partial charge on any atom is -0.480 e. The highest BCUT2D eigenvalue weighted by Gasteiger charge is 2.23. The first-order valence-electron chi connectivity index (χ1n) is 7.28. The van der Waals surface area contributed by atoms with Crippen molar-refractivity contribution in [2.75, 3.05) is 25.6 Å². The summed E-state index contributed by atoms with van der Waals surface area (Å²) in [7, 11) is 1.75. The van der Waals surface area contributed by atoms with E-state index >= 15 is 0 Å². The Labute approximate surface area is 125 Å². The Morgan fingerprint density at radius 2 is 2.00 bits per heavy atom. The lowest BCUT2D eigenvalue weighted by Crippen LogP contribution is -2.48. The number of amides is 2. The van der Waals surface area contributed by atoms with Gasteiger partial charge in [0.1, 0.15) is 6.04 Å². The highest BCUT2D eigenvalue weighted by Crippen LogP contribution is 2.24. The molecule has 1 aliphatic rings. The van der Waals surface area contributed by atoms with Gasteiger partial charge < -0.3 is 15.3 Å². The number of rotatable bonds is 7. The molecule has 2 N–H and O–H groups in total. The predicted molar refractivity (Wildman–Crippen MR) is 82.2 cm³/mol. The number of carbonyl (C=O) groups is 2. The smallest absolute Gasteiger partial charge is 0.326 e. The van der Waals surface area contributed by atoms with Crippen LogP contribution in [0.4, 0.5) is 4.79 Å². The van der Waals surface area contributed by atoms with Crippen molar-refractivity contribution in [3.8, 4) is 0 Å². The molecule has 0 radical (unpaired) electrons. The molecule has 1 rings (SSSR count). The van der Waals surface area contributed by atoms with Gasteiger partial charge in [-0.15, -0.1) is 0 Å². The second kappa shape index (κ2) is 9.10. The van der Waals surface area contributed by atoms with Gasteiger partial charge in [-0.1, -0.05) is 19.3 Å². The summed E-state index contributed by atoms with van der Waals surface area (Å²) in [5.74, 6) is 0.330. The molecule has 0 aromatic carbocycles. The predicted octanol–water partition coefficient (Wildman–Crippen LogP) is 2.41. The van der Waals surface area contributed by atoms with E-state index in [1.165, 1.54) is 32.1 Å². The molecular formula is C14H26N2O3S. The van der Waals surface area contributed by atoms with E-state index in [9.17, 15) is 9.59 Å². The molecule has 0 bridgehead atoms. The van der Waals surface area contributed by atoms with Crippen LogP contribution in [-0.4, -0.2) is 53.6 Å². The van der Waals surface area contributed by atoms with Crippen molar-refractivity contribution in [3.05, 3.63) is 0 Å². The first kappa shape index (κ1) is 17.1. The maximum absolute atomic E-state index is 12.0. The first-order chi connectivity index (χ1) is 9.54. The van der Waals surface area contributed by atoms with E-state index in [-0.39, 0.29) is 6.03 Å². The standard InChI is InChI=1S/C14H26N2O3S/c1-16(10-11-6-4-3-5-7-11)14(19)15-12(13(17)18)8-9-20-2/h11-12H,3-10H2,1-2H3,(H,15,19)(H,17,18). The molecule has 6 heteroatoms. The van der Waals surface area contributed by atoms with Gasteiger partial charge in [0, 0.05) is 13.6 Å². The molecular weight excluding hydrogens is 276 g/mol. The van der Waals surface area contributed by atoms with E-state index in [0.29, 0.717) is 12.3 Å². The highest BCUT2D eigenvalue weighted by molar-refractivity contribution is 7.98.